The molecule has 1 unspecified atom stereocenters. The molecule has 1 atom stereocenters. The molecule has 1 aliphatic rings. The van der Waals surface area contributed by atoms with Crippen molar-refractivity contribution >= 4 is 23.4 Å². The van der Waals surface area contributed by atoms with Gasteiger partial charge in [-0.05, 0) is 31.2 Å². The molecule has 0 spiro atoms. The summed E-state index contributed by atoms with van der Waals surface area (Å²) in [6.45, 7) is 1.10. The topological polar surface area (TPSA) is 81.5 Å². The fourth-order valence-corrected chi connectivity index (χ4v) is 2.53. The average molecular weight is 296 g/mol. The number of benzene rings is 1. The van der Waals surface area contributed by atoms with Crippen molar-refractivity contribution in [2.45, 2.75) is 23.8 Å². The van der Waals surface area contributed by atoms with Gasteiger partial charge in [0.1, 0.15) is 5.56 Å². The van der Waals surface area contributed by atoms with Gasteiger partial charge in [-0.1, -0.05) is 0 Å². The number of rotatable bonds is 5. The Morgan fingerprint density at radius 3 is 3.00 bits per heavy atom. The van der Waals surface area contributed by atoms with Crippen molar-refractivity contribution < 1.29 is 14.5 Å². The molecule has 1 amide bonds. The molecule has 20 heavy (non-hydrogen) atoms. The normalized spacial score (nSPS) is 17.9. The third-order valence-corrected chi connectivity index (χ3v) is 3.88. The van der Waals surface area contributed by atoms with Crippen LogP contribution in [-0.2, 0) is 4.74 Å². The molecule has 0 saturated carbocycles. The minimum atomic E-state index is -0.537. The smallest absolute Gasteiger partial charge is 0.282 e. The zero-order valence-electron chi connectivity index (χ0n) is 11.1. The van der Waals surface area contributed by atoms with Crippen LogP contribution < -0.4 is 5.32 Å². The van der Waals surface area contributed by atoms with E-state index < -0.39 is 10.8 Å². The maximum Gasteiger partial charge on any atom is 0.282 e. The van der Waals surface area contributed by atoms with Gasteiger partial charge in [-0.15, -0.1) is 11.8 Å². The summed E-state index contributed by atoms with van der Waals surface area (Å²) in [5.41, 5.74) is -0.0764. The maximum absolute atomic E-state index is 12.1. The van der Waals surface area contributed by atoms with E-state index in [4.69, 9.17) is 4.74 Å². The molecule has 1 heterocycles. The molecule has 1 saturated heterocycles. The average Bonchev–Trinajstić information content (AvgIpc) is 2.97. The first kappa shape index (κ1) is 14.8. The highest BCUT2D eigenvalue weighted by molar-refractivity contribution is 7.98. The Bertz CT molecular complexity index is 515. The Labute approximate surface area is 121 Å². The van der Waals surface area contributed by atoms with E-state index in [1.807, 2.05) is 6.26 Å². The summed E-state index contributed by atoms with van der Waals surface area (Å²) in [6, 6.07) is 4.56. The van der Waals surface area contributed by atoms with Crippen LogP contribution in [0.4, 0.5) is 5.69 Å². The van der Waals surface area contributed by atoms with E-state index in [0.29, 0.717) is 13.2 Å². The van der Waals surface area contributed by atoms with Gasteiger partial charge in [0, 0.05) is 24.1 Å². The molecule has 0 bridgehead atoms. The second-order valence-electron chi connectivity index (χ2n) is 4.49. The second kappa shape index (κ2) is 6.71. The number of nitrogens with one attached hydrogen (secondary N) is 1. The van der Waals surface area contributed by atoms with E-state index in [2.05, 4.69) is 5.32 Å². The monoisotopic (exact) mass is 296 g/mol. The number of ether oxygens (including phenoxy) is 1. The highest BCUT2D eigenvalue weighted by Gasteiger charge is 2.22. The molecule has 7 heteroatoms. The van der Waals surface area contributed by atoms with Gasteiger partial charge in [0.25, 0.3) is 11.6 Å². The van der Waals surface area contributed by atoms with Gasteiger partial charge in [-0.25, -0.2) is 0 Å². The van der Waals surface area contributed by atoms with Crippen LogP contribution >= 0.6 is 11.8 Å². The van der Waals surface area contributed by atoms with E-state index in [1.165, 1.54) is 17.8 Å². The maximum atomic E-state index is 12.1. The number of hydrogen-bond donors (Lipinski definition) is 1. The van der Waals surface area contributed by atoms with Crippen molar-refractivity contribution in [3.63, 3.8) is 0 Å². The van der Waals surface area contributed by atoms with Crippen molar-refractivity contribution in [1.29, 1.82) is 0 Å². The van der Waals surface area contributed by atoms with E-state index in [9.17, 15) is 14.9 Å². The van der Waals surface area contributed by atoms with Crippen LogP contribution in [0.3, 0.4) is 0 Å². The quantitative estimate of drug-likeness (QED) is 0.512. The molecular formula is C13H16N2O4S. The van der Waals surface area contributed by atoms with Gasteiger partial charge in [0.15, 0.2) is 0 Å². The molecular weight excluding hydrogens is 280 g/mol. The summed E-state index contributed by atoms with van der Waals surface area (Å²) in [6.07, 6.45) is 3.77. The van der Waals surface area contributed by atoms with Crippen molar-refractivity contribution in [2.24, 2.45) is 0 Å². The Morgan fingerprint density at radius 2 is 2.40 bits per heavy atom. The molecule has 1 fully saturated rings. The summed E-state index contributed by atoms with van der Waals surface area (Å²) >= 11 is 1.44. The summed E-state index contributed by atoms with van der Waals surface area (Å²) in [5.74, 6) is -0.428. The fourth-order valence-electron chi connectivity index (χ4n) is 2.09. The molecule has 1 aliphatic heterocycles. The van der Waals surface area contributed by atoms with E-state index in [0.717, 1.165) is 17.7 Å². The third-order valence-electron chi connectivity index (χ3n) is 3.16. The Balaban J connectivity index is 2.11. The Kier molecular flexibility index (Phi) is 4.97. The summed E-state index contributed by atoms with van der Waals surface area (Å²) in [5, 5.41) is 13.7. The molecule has 0 aromatic heterocycles. The van der Waals surface area contributed by atoms with Gasteiger partial charge < -0.3 is 10.1 Å². The van der Waals surface area contributed by atoms with Crippen LogP contribution in [0, 0.1) is 10.1 Å². The minimum absolute atomic E-state index is 0.0155. The lowest BCUT2D eigenvalue weighted by atomic mass is 10.1. The molecule has 108 valence electrons. The SMILES string of the molecule is CSc1ccc([N+](=O)[O-])c(C(=O)NCC2CCCO2)c1. The van der Waals surface area contributed by atoms with Crippen molar-refractivity contribution in [1.82, 2.24) is 5.32 Å². The molecule has 6 nitrogen and oxygen atoms in total. The number of hydrogen-bond acceptors (Lipinski definition) is 5. The predicted octanol–water partition coefficient (Wildman–Crippen LogP) is 2.23. The van der Waals surface area contributed by atoms with Crippen LogP contribution in [0.2, 0.25) is 0 Å². The van der Waals surface area contributed by atoms with Crippen molar-refractivity contribution in [3.8, 4) is 0 Å². The lowest BCUT2D eigenvalue weighted by molar-refractivity contribution is -0.385. The number of carbonyl (C=O) groups is 1. The van der Waals surface area contributed by atoms with Crippen LogP contribution in [0.25, 0.3) is 0 Å². The van der Waals surface area contributed by atoms with Gasteiger partial charge >= 0.3 is 0 Å². The van der Waals surface area contributed by atoms with E-state index in [1.54, 1.807) is 12.1 Å². The van der Waals surface area contributed by atoms with Crippen LogP contribution in [0.5, 0.6) is 0 Å². The van der Waals surface area contributed by atoms with Crippen LogP contribution in [-0.4, -0.2) is 36.3 Å². The van der Waals surface area contributed by atoms with Crippen molar-refractivity contribution in [3.05, 3.63) is 33.9 Å². The number of carbonyl (C=O) groups excluding carboxylic acids is 1. The van der Waals surface area contributed by atoms with E-state index in [-0.39, 0.29) is 17.4 Å². The highest BCUT2D eigenvalue weighted by atomic mass is 32.2. The first-order valence-electron chi connectivity index (χ1n) is 6.34. The highest BCUT2D eigenvalue weighted by Crippen LogP contribution is 2.24. The molecule has 0 radical (unpaired) electrons. The summed E-state index contributed by atoms with van der Waals surface area (Å²) in [7, 11) is 0. The Hall–Kier alpha value is -1.60. The third kappa shape index (κ3) is 3.49. The first-order valence-corrected chi connectivity index (χ1v) is 7.56. The molecule has 1 aromatic rings. The van der Waals surface area contributed by atoms with Crippen molar-refractivity contribution in [2.75, 3.05) is 19.4 Å². The summed E-state index contributed by atoms with van der Waals surface area (Å²) in [4.78, 5) is 23.4. The molecule has 2 rings (SSSR count). The number of nitrogens with zero attached hydrogens (tertiary/aromatic N) is 1. The number of amides is 1. The van der Waals surface area contributed by atoms with Gasteiger partial charge in [0.05, 0.1) is 11.0 Å². The minimum Gasteiger partial charge on any atom is -0.376 e. The fraction of sp³-hybridized carbons (Fsp3) is 0.462. The van der Waals surface area contributed by atoms with Crippen LogP contribution in [0.1, 0.15) is 23.2 Å². The first-order chi connectivity index (χ1) is 9.61. The van der Waals surface area contributed by atoms with Gasteiger partial charge in [-0.2, -0.15) is 0 Å². The molecule has 1 aromatic carbocycles. The second-order valence-corrected chi connectivity index (χ2v) is 5.36. The lowest BCUT2D eigenvalue weighted by Crippen LogP contribution is -2.32. The van der Waals surface area contributed by atoms with Gasteiger partial charge in [-0.3, -0.25) is 14.9 Å². The standard InChI is InChI=1S/C13H16N2O4S/c1-20-10-4-5-12(15(17)18)11(7-10)13(16)14-8-9-3-2-6-19-9/h4-5,7,9H,2-3,6,8H2,1H3,(H,14,16). The predicted molar refractivity (Wildman–Crippen MR) is 76.2 cm³/mol. The summed E-state index contributed by atoms with van der Waals surface area (Å²) < 4.78 is 5.41. The van der Waals surface area contributed by atoms with Crippen LogP contribution in [0.15, 0.2) is 23.1 Å². The zero-order chi connectivity index (χ0) is 14.5. The number of nitro groups is 1. The van der Waals surface area contributed by atoms with E-state index >= 15 is 0 Å². The van der Waals surface area contributed by atoms with Gasteiger partial charge in [0.2, 0.25) is 0 Å². The largest absolute Gasteiger partial charge is 0.376 e. The molecule has 0 aliphatic carbocycles. The lowest BCUT2D eigenvalue weighted by Gasteiger charge is -2.11. The number of nitro benzene ring substituents is 1. The zero-order valence-corrected chi connectivity index (χ0v) is 11.9. The molecule has 1 N–H and O–H groups in total. The number of thioether (sulfide) groups is 1. The Morgan fingerprint density at radius 1 is 1.60 bits per heavy atom.